The number of urea groups is 1. The number of carbonyl (C=O) groups is 2. The van der Waals surface area contributed by atoms with Crippen molar-refractivity contribution in [2.75, 3.05) is 7.11 Å². The zero-order valence-electron chi connectivity index (χ0n) is 15.6. The molecule has 0 unspecified atom stereocenters. The van der Waals surface area contributed by atoms with Gasteiger partial charge in [-0.15, -0.1) is 0 Å². The fourth-order valence-electron chi connectivity index (χ4n) is 3.72. The van der Waals surface area contributed by atoms with E-state index in [2.05, 4.69) is 15.6 Å². The number of pyridine rings is 1. The molecule has 3 N–H and O–H groups in total. The van der Waals surface area contributed by atoms with E-state index >= 15 is 0 Å². The fraction of sp³-hybridized carbons (Fsp3) is 0.150. The standard InChI is InChI=1S/C20H15FN4O5/c1-29-11-3-2-10-8-25(17(26)12(10)4-11)9-20(18(27)23-19(28)24-20)16-5-13-14(21)6-22-7-15(13)30-16/h2-8,26H,9H2,1H3,(H2,23,24,27,28)/t20-/m0/s1. The number of halogens is 1. The number of aromatic nitrogens is 2. The lowest BCUT2D eigenvalue weighted by Crippen LogP contribution is -2.47. The van der Waals surface area contributed by atoms with Gasteiger partial charge in [0.25, 0.3) is 5.91 Å². The molecule has 5 rings (SSSR count). The van der Waals surface area contributed by atoms with E-state index in [4.69, 9.17) is 9.15 Å². The van der Waals surface area contributed by atoms with Crippen LogP contribution in [0.2, 0.25) is 0 Å². The second-order valence-electron chi connectivity index (χ2n) is 6.99. The van der Waals surface area contributed by atoms with Gasteiger partial charge in [-0.05, 0) is 24.3 Å². The highest BCUT2D eigenvalue weighted by molar-refractivity contribution is 6.07. The first-order chi connectivity index (χ1) is 14.4. The van der Waals surface area contributed by atoms with Crippen LogP contribution in [0.4, 0.5) is 9.18 Å². The van der Waals surface area contributed by atoms with Crippen molar-refractivity contribution < 1.29 is 28.2 Å². The van der Waals surface area contributed by atoms with Gasteiger partial charge in [-0.2, -0.15) is 0 Å². The molecule has 4 aromatic rings. The van der Waals surface area contributed by atoms with E-state index in [1.54, 1.807) is 24.4 Å². The molecule has 0 radical (unpaired) electrons. The second kappa shape index (κ2) is 6.21. The number of nitrogens with one attached hydrogen (secondary N) is 2. The van der Waals surface area contributed by atoms with Gasteiger partial charge in [-0.1, -0.05) is 0 Å². The molecule has 1 atom stereocenters. The number of carbonyl (C=O) groups excluding carboxylic acids is 2. The fourth-order valence-corrected chi connectivity index (χ4v) is 3.72. The van der Waals surface area contributed by atoms with Gasteiger partial charge in [0, 0.05) is 17.0 Å². The van der Waals surface area contributed by atoms with Gasteiger partial charge in [0.1, 0.15) is 11.5 Å². The SMILES string of the molecule is COc1ccc2cn(C[C@@]3(c4cc5c(F)cncc5o4)NC(=O)NC3=O)c(O)c2c1. The van der Waals surface area contributed by atoms with Crippen molar-refractivity contribution in [3.63, 3.8) is 0 Å². The summed E-state index contributed by atoms with van der Waals surface area (Å²) in [7, 11) is 1.51. The van der Waals surface area contributed by atoms with Gasteiger partial charge in [0.05, 0.1) is 31.4 Å². The van der Waals surface area contributed by atoms with E-state index in [9.17, 15) is 19.1 Å². The number of benzene rings is 1. The number of fused-ring (bicyclic) bond motifs is 2. The average Bonchev–Trinajstić information content (AvgIpc) is 3.38. The molecule has 1 aliphatic rings. The Morgan fingerprint density at radius 2 is 2.10 bits per heavy atom. The largest absolute Gasteiger partial charge is 0.497 e. The molecule has 1 aromatic carbocycles. The molecule has 1 fully saturated rings. The van der Waals surface area contributed by atoms with Crippen LogP contribution in [0.15, 0.2) is 47.3 Å². The summed E-state index contributed by atoms with van der Waals surface area (Å²) < 4.78 is 26.4. The smallest absolute Gasteiger partial charge is 0.322 e. The summed E-state index contributed by atoms with van der Waals surface area (Å²) in [5.41, 5.74) is -1.57. The second-order valence-corrected chi connectivity index (χ2v) is 6.99. The number of methoxy groups -OCH3 is 1. The number of hydrogen-bond acceptors (Lipinski definition) is 6. The highest BCUT2D eigenvalue weighted by Crippen LogP contribution is 2.36. The lowest BCUT2D eigenvalue weighted by atomic mass is 9.96. The molecule has 10 heteroatoms. The first-order valence-corrected chi connectivity index (χ1v) is 8.94. The summed E-state index contributed by atoms with van der Waals surface area (Å²) >= 11 is 0. The first kappa shape index (κ1) is 18.0. The quantitative estimate of drug-likeness (QED) is 0.445. The van der Waals surface area contributed by atoms with Crippen LogP contribution < -0.4 is 15.4 Å². The number of furan rings is 1. The van der Waals surface area contributed by atoms with E-state index in [-0.39, 0.29) is 29.2 Å². The van der Waals surface area contributed by atoms with Crippen molar-refractivity contribution in [3.05, 3.63) is 54.4 Å². The Balaban J connectivity index is 1.66. The van der Waals surface area contributed by atoms with Crippen molar-refractivity contribution in [1.82, 2.24) is 20.2 Å². The molecule has 3 amide bonds. The van der Waals surface area contributed by atoms with Crippen LogP contribution in [-0.4, -0.2) is 33.7 Å². The third-order valence-corrected chi connectivity index (χ3v) is 5.24. The summed E-state index contributed by atoms with van der Waals surface area (Å²) in [6.07, 6.45) is 3.98. The van der Waals surface area contributed by atoms with Crippen molar-refractivity contribution in [2.24, 2.45) is 0 Å². The van der Waals surface area contributed by atoms with Crippen molar-refractivity contribution in [3.8, 4) is 11.6 Å². The zero-order valence-corrected chi connectivity index (χ0v) is 15.6. The Bertz CT molecular complexity index is 1340. The number of aromatic hydroxyl groups is 1. The Morgan fingerprint density at radius 3 is 2.80 bits per heavy atom. The molecule has 9 nitrogen and oxygen atoms in total. The number of ether oxygens (including phenoxy) is 1. The van der Waals surface area contributed by atoms with Crippen molar-refractivity contribution in [2.45, 2.75) is 12.1 Å². The topological polar surface area (TPSA) is 119 Å². The van der Waals surface area contributed by atoms with Crippen molar-refractivity contribution >= 4 is 33.7 Å². The lowest BCUT2D eigenvalue weighted by molar-refractivity contribution is -0.125. The molecule has 152 valence electrons. The van der Waals surface area contributed by atoms with Gasteiger partial charge in [0.15, 0.2) is 22.8 Å². The van der Waals surface area contributed by atoms with Crippen LogP contribution in [0.1, 0.15) is 5.76 Å². The van der Waals surface area contributed by atoms with Crippen LogP contribution >= 0.6 is 0 Å². The van der Waals surface area contributed by atoms with E-state index in [1.807, 2.05) is 0 Å². The van der Waals surface area contributed by atoms with Crippen LogP contribution in [0.25, 0.3) is 21.7 Å². The molecule has 0 spiro atoms. The molecule has 30 heavy (non-hydrogen) atoms. The van der Waals surface area contributed by atoms with Gasteiger partial charge >= 0.3 is 6.03 Å². The van der Waals surface area contributed by atoms with Gasteiger partial charge < -0.3 is 24.1 Å². The molecule has 0 saturated carbocycles. The van der Waals surface area contributed by atoms with Gasteiger partial charge in [-0.3, -0.25) is 15.1 Å². The first-order valence-electron chi connectivity index (χ1n) is 8.94. The molecule has 0 bridgehead atoms. The van der Waals surface area contributed by atoms with E-state index in [0.29, 0.717) is 16.5 Å². The summed E-state index contributed by atoms with van der Waals surface area (Å²) in [5.74, 6) is -0.861. The molecular weight excluding hydrogens is 395 g/mol. The summed E-state index contributed by atoms with van der Waals surface area (Å²) in [6.45, 7) is -0.192. The summed E-state index contributed by atoms with van der Waals surface area (Å²) in [4.78, 5) is 28.6. The monoisotopic (exact) mass is 410 g/mol. The third kappa shape index (κ3) is 2.50. The maximum Gasteiger partial charge on any atom is 0.322 e. The number of nitrogens with zero attached hydrogens (tertiary/aromatic N) is 2. The van der Waals surface area contributed by atoms with E-state index < -0.39 is 23.3 Å². The maximum atomic E-state index is 14.1. The Hall–Kier alpha value is -4.08. The van der Waals surface area contributed by atoms with Gasteiger partial charge in [-0.25, -0.2) is 9.18 Å². The van der Waals surface area contributed by atoms with Crippen molar-refractivity contribution in [1.29, 1.82) is 0 Å². The highest BCUT2D eigenvalue weighted by atomic mass is 19.1. The molecular formula is C20H15FN4O5. The molecule has 1 aliphatic heterocycles. The minimum Gasteiger partial charge on any atom is -0.497 e. The summed E-state index contributed by atoms with van der Waals surface area (Å²) in [5, 5.41) is 16.8. The number of hydrogen-bond donors (Lipinski definition) is 3. The minimum absolute atomic E-state index is 0.0162. The Labute approximate surface area is 168 Å². The normalized spacial score (nSPS) is 18.7. The average molecular weight is 410 g/mol. The summed E-state index contributed by atoms with van der Waals surface area (Å²) in [6, 6.07) is 5.77. The van der Waals surface area contributed by atoms with E-state index in [1.165, 1.54) is 23.9 Å². The highest BCUT2D eigenvalue weighted by Gasteiger charge is 2.51. The third-order valence-electron chi connectivity index (χ3n) is 5.24. The number of imide groups is 1. The lowest BCUT2D eigenvalue weighted by Gasteiger charge is -2.24. The molecule has 1 saturated heterocycles. The van der Waals surface area contributed by atoms with Crippen LogP contribution in [0.3, 0.4) is 0 Å². The number of amides is 3. The van der Waals surface area contributed by atoms with Crippen LogP contribution in [0.5, 0.6) is 11.6 Å². The van der Waals surface area contributed by atoms with Gasteiger partial charge in [0.2, 0.25) is 0 Å². The van der Waals surface area contributed by atoms with Crippen LogP contribution in [0, 0.1) is 5.82 Å². The predicted octanol–water partition coefficient (Wildman–Crippen LogP) is 2.37. The molecule has 0 aliphatic carbocycles. The minimum atomic E-state index is -1.70. The van der Waals surface area contributed by atoms with Crippen LogP contribution in [-0.2, 0) is 16.9 Å². The Kier molecular flexibility index (Phi) is 3.72. The van der Waals surface area contributed by atoms with E-state index in [0.717, 1.165) is 6.20 Å². The maximum absolute atomic E-state index is 14.1. The zero-order chi connectivity index (χ0) is 21.0. The Morgan fingerprint density at radius 1 is 1.27 bits per heavy atom. The predicted molar refractivity (Wildman–Crippen MR) is 102 cm³/mol. The molecule has 4 heterocycles. The molecule has 3 aromatic heterocycles. The number of rotatable bonds is 4.